The summed E-state index contributed by atoms with van der Waals surface area (Å²) in [5.41, 5.74) is 3.49. The van der Waals surface area contributed by atoms with Gasteiger partial charge in [-0.05, 0) is 38.2 Å². The summed E-state index contributed by atoms with van der Waals surface area (Å²) in [4.78, 5) is 0. The van der Waals surface area contributed by atoms with Crippen LogP contribution in [0.2, 0.25) is 0 Å². The highest BCUT2D eigenvalue weighted by molar-refractivity contribution is 5.36. The SMILES string of the molecule is CCCCC[C@]1(c2ccccc2)C[C@@H]1C=C(C)C. The van der Waals surface area contributed by atoms with E-state index in [1.54, 1.807) is 5.56 Å². The van der Waals surface area contributed by atoms with Gasteiger partial charge in [-0.2, -0.15) is 0 Å². The quantitative estimate of drug-likeness (QED) is 0.457. The van der Waals surface area contributed by atoms with E-state index in [2.05, 4.69) is 57.2 Å². The van der Waals surface area contributed by atoms with Gasteiger partial charge in [0.05, 0.1) is 0 Å². The van der Waals surface area contributed by atoms with E-state index >= 15 is 0 Å². The highest BCUT2D eigenvalue weighted by atomic mass is 14.6. The second-order valence-corrected chi connectivity index (χ2v) is 6.03. The fourth-order valence-corrected chi connectivity index (χ4v) is 3.18. The minimum absolute atomic E-state index is 0.466. The molecule has 0 heterocycles. The molecule has 0 bridgehead atoms. The Balaban J connectivity index is 2.13. The van der Waals surface area contributed by atoms with Crippen LogP contribution in [0.5, 0.6) is 0 Å². The molecular weight excluding hydrogens is 216 g/mol. The predicted molar refractivity (Wildman–Crippen MR) is 79.8 cm³/mol. The Hall–Kier alpha value is -1.04. The molecule has 1 aromatic rings. The molecule has 1 aliphatic carbocycles. The number of unbranched alkanes of at least 4 members (excludes halogenated alkanes) is 2. The van der Waals surface area contributed by atoms with Crippen LogP contribution < -0.4 is 0 Å². The van der Waals surface area contributed by atoms with E-state index in [4.69, 9.17) is 0 Å². The predicted octanol–water partition coefficient (Wildman–Crippen LogP) is 5.49. The van der Waals surface area contributed by atoms with Gasteiger partial charge in [0.2, 0.25) is 0 Å². The molecule has 0 heteroatoms. The zero-order chi connectivity index (χ0) is 13.0. The van der Waals surface area contributed by atoms with E-state index in [9.17, 15) is 0 Å². The van der Waals surface area contributed by atoms with Gasteiger partial charge in [0, 0.05) is 5.41 Å². The van der Waals surface area contributed by atoms with Crippen LogP contribution in [-0.4, -0.2) is 0 Å². The van der Waals surface area contributed by atoms with Gasteiger partial charge in [0.1, 0.15) is 0 Å². The van der Waals surface area contributed by atoms with E-state index < -0.39 is 0 Å². The van der Waals surface area contributed by atoms with Gasteiger partial charge in [-0.25, -0.2) is 0 Å². The third-order valence-corrected chi connectivity index (χ3v) is 4.24. The second kappa shape index (κ2) is 5.73. The van der Waals surface area contributed by atoms with E-state index in [-0.39, 0.29) is 0 Å². The number of hydrogen-bond acceptors (Lipinski definition) is 0. The molecule has 0 radical (unpaired) electrons. The Morgan fingerprint density at radius 2 is 1.94 bits per heavy atom. The van der Waals surface area contributed by atoms with E-state index in [1.807, 2.05) is 0 Å². The fraction of sp³-hybridized carbons (Fsp3) is 0.556. The second-order valence-electron chi connectivity index (χ2n) is 6.03. The third-order valence-electron chi connectivity index (χ3n) is 4.24. The first kappa shape index (κ1) is 13.4. The monoisotopic (exact) mass is 242 g/mol. The molecule has 2 atom stereocenters. The number of rotatable bonds is 6. The molecule has 0 N–H and O–H groups in total. The van der Waals surface area contributed by atoms with Gasteiger partial charge < -0.3 is 0 Å². The normalized spacial score (nSPS) is 25.8. The lowest BCUT2D eigenvalue weighted by atomic mass is 9.87. The smallest absolute Gasteiger partial charge is 0.00220 e. The van der Waals surface area contributed by atoms with Crippen molar-refractivity contribution in [1.29, 1.82) is 0 Å². The molecule has 18 heavy (non-hydrogen) atoms. The molecule has 98 valence electrons. The Kier molecular flexibility index (Phi) is 4.27. The molecule has 1 aliphatic rings. The molecule has 1 aromatic carbocycles. The number of hydrogen-bond donors (Lipinski definition) is 0. The van der Waals surface area contributed by atoms with Gasteiger partial charge in [-0.15, -0.1) is 0 Å². The van der Waals surface area contributed by atoms with Crippen LogP contribution in [0.4, 0.5) is 0 Å². The van der Waals surface area contributed by atoms with Crippen LogP contribution in [0.15, 0.2) is 42.0 Å². The zero-order valence-corrected chi connectivity index (χ0v) is 12.1. The van der Waals surface area contributed by atoms with Crippen molar-refractivity contribution in [2.75, 3.05) is 0 Å². The molecule has 0 unspecified atom stereocenters. The number of benzene rings is 1. The summed E-state index contributed by atoms with van der Waals surface area (Å²) in [6.45, 7) is 6.73. The van der Waals surface area contributed by atoms with Crippen molar-refractivity contribution in [3.05, 3.63) is 47.5 Å². The average molecular weight is 242 g/mol. The Labute approximate surface area is 112 Å². The van der Waals surface area contributed by atoms with Crippen LogP contribution in [0, 0.1) is 5.92 Å². The van der Waals surface area contributed by atoms with Gasteiger partial charge >= 0.3 is 0 Å². The summed E-state index contributed by atoms with van der Waals surface area (Å²) >= 11 is 0. The van der Waals surface area contributed by atoms with Crippen LogP contribution in [0.25, 0.3) is 0 Å². The summed E-state index contributed by atoms with van der Waals surface area (Å²) in [6, 6.07) is 11.2. The lowest BCUT2D eigenvalue weighted by Crippen LogP contribution is -2.09. The maximum Gasteiger partial charge on any atom is 0.00220 e. The molecule has 0 aromatic heterocycles. The summed E-state index contributed by atoms with van der Waals surface area (Å²) in [5.74, 6) is 0.779. The fourth-order valence-electron chi connectivity index (χ4n) is 3.18. The summed E-state index contributed by atoms with van der Waals surface area (Å²) in [7, 11) is 0. The topological polar surface area (TPSA) is 0 Å². The Bertz CT molecular complexity index is 397. The molecule has 0 nitrogen and oxygen atoms in total. The zero-order valence-electron chi connectivity index (χ0n) is 12.1. The van der Waals surface area contributed by atoms with Crippen LogP contribution >= 0.6 is 0 Å². The van der Waals surface area contributed by atoms with Crippen molar-refractivity contribution >= 4 is 0 Å². The van der Waals surface area contributed by atoms with Gasteiger partial charge in [0.15, 0.2) is 0 Å². The molecule has 0 amide bonds. The third kappa shape index (κ3) is 2.85. The number of allylic oxidation sites excluding steroid dienone is 2. The van der Waals surface area contributed by atoms with Gasteiger partial charge in [-0.3, -0.25) is 0 Å². The lowest BCUT2D eigenvalue weighted by molar-refractivity contribution is 0.536. The summed E-state index contributed by atoms with van der Waals surface area (Å²) in [5, 5.41) is 0. The molecule has 1 saturated carbocycles. The standard InChI is InChI=1S/C18H26/c1-4-5-9-12-18(14-17(18)13-15(2)3)16-10-7-6-8-11-16/h6-8,10-11,13,17H,4-5,9,12,14H2,1-3H3/t17-,18+/m0/s1. The van der Waals surface area contributed by atoms with Crippen molar-refractivity contribution < 1.29 is 0 Å². The lowest BCUT2D eigenvalue weighted by Gasteiger charge is -2.17. The average Bonchev–Trinajstić information content (AvgIpc) is 3.04. The van der Waals surface area contributed by atoms with E-state index in [0.717, 1.165) is 5.92 Å². The largest absolute Gasteiger partial charge is 0.0818 e. The highest BCUT2D eigenvalue weighted by Crippen LogP contribution is 2.58. The Morgan fingerprint density at radius 1 is 1.22 bits per heavy atom. The van der Waals surface area contributed by atoms with Crippen LogP contribution in [0.3, 0.4) is 0 Å². The van der Waals surface area contributed by atoms with Crippen LogP contribution in [-0.2, 0) is 5.41 Å². The van der Waals surface area contributed by atoms with E-state index in [0.29, 0.717) is 5.41 Å². The minimum atomic E-state index is 0.466. The molecule has 0 spiro atoms. The minimum Gasteiger partial charge on any atom is -0.0818 e. The first-order chi connectivity index (χ1) is 8.69. The molecule has 0 aliphatic heterocycles. The summed E-state index contributed by atoms with van der Waals surface area (Å²) in [6.07, 6.45) is 9.26. The first-order valence-electron chi connectivity index (χ1n) is 7.39. The van der Waals surface area contributed by atoms with Crippen LogP contribution in [0.1, 0.15) is 58.4 Å². The van der Waals surface area contributed by atoms with Gasteiger partial charge in [-0.1, -0.05) is 68.2 Å². The van der Waals surface area contributed by atoms with E-state index in [1.165, 1.54) is 37.7 Å². The molecular formula is C18H26. The summed E-state index contributed by atoms with van der Waals surface area (Å²) < 4.78 is 0. The maximum absolute atomic E-state index is 2.49. The van der Waals surface area contributed by atoms with Crippen molar-refractivity contribution in [2.45, 2.75) is 58.3 Å². The molecule has 1 fully saturated rings. The molecule has 2 rings (SSSR count). The highest BCUT2D eigenvalue weighted by Gasteiger charge is 2.52. The maximum atomic E-state index is 2.49. The Morgan fingerprint density at radius 3 is 2.56 bits per heavy atom. The van der Waals surface area contributed by atoms with Crippen molar-refractivity contribution in [1.82, 2.24) is 0 Å². The first-order valence-corrected chi connectivity index (χ1v) is 7.39. The van der Waals surface area contributed by atoms with Crippen molar-refractivity contribution in [3.8, 4) is 0 Å². The van der Waals surface area contributed by atoms with Crippen molar-refractivity contribution in [2.24, 2.45) is 5.92 Å². The molecule has 0 saturated heterocycles. The van der Waals surface area contributed by atoms with Gasteiger partial charge in [0.25, 0.3) is 0 Å². The van der Waals surface area contributed by atoms with Crippen molar-refractivity contribution in [3.63, 3.8) is 0 Å².